The predicted octanol–water partition coefficient (Wildman–Crippen LogP) is 1.46. The number of unbranched alkanes of at least 4 members (excludes halogenated alkanes) is 1. The molecule has 0 bridgehead atoms. The minimum Gasteiger partial charge on any atom is -0.370 e. The number of nitrogens with zero attached hydrogens (tertiary/aromatic N) is 2. The molecule has 1 unspecified atom stereocenters. The molecule has 17 heavy (non-hydrogen) atoms. The molecule has 5 nitrogen and oxygen atoms in total. The lowest BCUT2D eigenvalue weighted by atomic mass is 10.2. The molecule has 1 aliphatic heterocycles. The molecule has 1 aromatic rings. The molecule has 0 radical (unpaired) electrons. The van der Waals surface area contributed by atoms with Crippen LogP contribution in [0.5, 0.6) is 0 Å². The van der Waals surface area contributed by atoms with Gasteiger partial charge in [-0.2, -0.15) is 0 Å². The van der Waals surface area contributed by atoms with Crippen LogP contribution in [0.1, 0.15) is 26.2 Å². The average molecular weight is 235 g/mol. The Kier molecular flexibility index (Phi) is 4.55. The van der Waals surface area contributed by atoms with Crippen molar-refractivity contribution in [3.63, 3.8) is 0 Å². The summed E-state index contributed by atoms with van der Waals surface area (Å²) >= 11 is 0. The maximum atomic E-state index is 4.24. The number of anilines is 2. The van der Waals surface area contributed by atoms with E-state index in [-0.39, 0.29) is 0 Å². The van der Waals surface area contributed by atoms with Gasteiger partial charge in [-0.15, -0.1) is 0 Å². The van der Waals surface area contributed by atoms with Gasteiger partial charge >= 0.3 is 0 Å². The van der Waals surface area contributed by atoms with E-state index in [9.17, 15) is 0 Å². The second-order valence-electron chi connectivity index (χ2n) is 4.40. The fourth-order valence-electron chi connectivity index (χ4n) is 1.91. The van der Waals surface area contributed by atoms with Crippen LogP contribution in [0, 0.1) is 0 Å². The van der Waals surface area contributed by atoms with Gasteiger partial charge in [-0.05, 0) is 19.4 Å². The van der Waals surface area contributed by atoms with Gasteiger partial charge in [0.25, 0.3) is 0 Å². The van der Waals surface area contributed by atoms with E-state index in [1.807, 2.05) is 6.07 Å². The van der Waals surface area contributed by atoms with E-state index >= 15 is 0 Å². The third kappa shape index (κ3) is 3.85. The third-order valence-corrected chi connectivity index (χ3v) is 2.92. The van der Waals surface area contributed by atoms with E-state index in [4.69, 9.17) is 0 Å². The standard InChI is InChI=1S/C12H21N5/c1-2-3-5-14-11-7-12(16-9-15-11)17-10-4-6-13-8-10/h7,9-10,13H,2-6,8H2,1H3,(H2,14,15,16,17). The van der Waals surface area contributed by atoms with E-state index in [0.29, 0.717) is 6.04 Å². The summed E-state index contributed by atoms with van der Waals surface area (Å²) in [6.07, 6.45) is 5.12. The Bertz CT molecular complexity index is 335. The molecule has 0 spiro atoms. The van der Waals surface area contributed by atoms with Gasteiger partial charge in [0.15, 0.2) is 0 Å². The van der Waals surface area contributed by atoms with Gasteiger partial charge in [-0.25, -0.2) is 9.97 Å². The summed E-state index contributed by atoms with van der Waals surface area (Å²) in [6.45, 7) is 5.26. The average Bonchev–Trinajstić information content (AvgIpc) is 2.83. The van der Waals surface area contributed by atoms with Crippen molar-refractivity contribution in [2.24, 2.45) is 0 Å². The summed E-state index contributed by atoms with van der Waals surface area (Å²) in [6, 6.07) is 2.47. The van der Waals surface area contributed by atoms with Crippen LogP contribution in [0.3, 0.4) is 0 Å². The van der Waals surface area contributed by atoms with Crippen molar-refractivity contribution in [1.29, 1.82) is 0 Å². The molecular formula is C12H21N5. The summed E-state index contributed by atoms with van der Waals surface area (Å²) in [5.74, 6) is 1.81. The van der Waals surface area contributed by atoms with Gasteiger partial charge < -0.3 is 16.0 Å². The Morgan fingerprint density at radius 2 is 2.29 bits per heavy atom. The largest absolute Gasteiger partial charge is 0.370 e. The van der Waals surface area contributed by atoms with Crippen LogP contribution in [-0.2, 0) is 0 Å². The fraction of sp³-hybridized carbons (Fsp3) is 0.667. The van der Waals surface area contributed by atoms with E-state index in [2.05, 4.69) is 32.8 Å². The van der Waals surface area contributed by atoms with E-state index in [1.54, 1.807) is 6.33 Å². The smallest absolute Gasteiger partial charge is 0.131 e. The van der Waals surface area contributed by atoms with Crippen LogP contribution < -0.4 is 16.0 Å². The molecule has 1 atom stereocenters. The first-order valence-electron chi connectivity index (χ1n) is 6.41. The second-order valence-corrected chi connectivity index (χ2v) is 4.40. The zero-order valence-electron chi connectivity index (χ0n) is 10.4. The highest BCUT2D eigenvalue weighted by Gasteiger charge is 2.14. The maximum Gasteiger partial charge on any atom is 0.131 e. The summed E-state index contributed by atoms with van der Waals surface area (Å²) in [7, 11) is 0. The van der Waals surface area contributed by atoms with Crippen molar-refractivity contribution in [1.82, 2.24) is 15.3 Å². The third-order valence-electron chi connectivity index (χ3n) is 2.92. The monoisotopic (exact) mass is 235 g/mol. The highest BCUT2D eigenvalue weighted by Crippen LogP contribution is 2.12. The van der Waals surface area contributed by atoms with Crippen LogP contribution in [0.4, 0.5) is 11.6 Å². The maximum absolute atomic E-state index is 4.24. The number of rotatable bonds is 6. The van der Waals surface area contributed by atoms with Gasteiger partial charge in [-0.3, -0.25) is 0 Å². The van der Waals surface area contributed by atoms with Crippen LogP contribution in [0.15, 0.2) is 12.4 Å². The Morgan fingerprint density at radius 3 is 3.06 bits per heavy atom. The van der Waals surface area contributed by atoms with Gasteiger partial charge in [0.05, 0.1) is 0 Å². The number of hydrogen-bond donors (Lipinski definition) is 3. The molecule has 94 valence electrons. The highest BCUT2D eigenvalue weighted by atomic mass is 15.1. The van der Waals surface area contributed by atoms with E-state index < -0.39 is 0 Å². The normalized spacial score (nSPS) is 19.2. The van der Waals surface area contributed by atoms with Crippen molar-refractivity contribution >= 4 is 11.6 Å². The second kappa shape index (κ2) is 6.39. The van der Waals surface area contributed by atoms with E-state index in [1.165, 1.54) is 12.8 Å². The summed E-state index contributed by atoms with van der Waals surface area (Å²) in [5.41, 5.74) is 0. The number of hydrogen-bond acceptors (Lipinski definition) is 5. The minimum atomic E-state index is 0.494. The van der Waals surface area contributed by atoms with Crippen LogP contribution in [0.2, 0.25) is 0 Å². The zero-order valence-corrected chi connectivity index (χ0v) is 10.4. The highest BCUT2D eigenvalue weighted by molar-refractivity contribution is 5.47. The van der Waals surface area contributed by atoms with Crippen LogP contribution in [-0.4, -0.2) is 35.6 Å². The van der Waals surface area contributed by atoms with Gasteiger partial charge in [-0.1, -0.05) is 13.3 Å². The SMILES string of the molecule is CCCCNc1cc(NC2CCNC2)ncn1. The first-order chi connectivity index (χ1) is 8.38. The first kappa shape index (κ1) is 12.1. The van der Waals surface area contributed by atoms with Gasteiger partial charge in [0.1, 0.15) is 18.0 Å². The number of aromatic nitrogens is 2. The summed E-state index contributed by atoms with van der Waals surface area (Å²) < 4.78 is 0. The molecular weight excluding hydrogens is 214 g/mol. The lowest BCUT2D eigenvalue weighted by Gasteiger charge is -2.12. The summed E-state index contributed by atoms with van der Waals surface area (Å²) in [4.78, 5) is 8.45. The van der Waals surface area contributed by atoms with Crippen molar-refractivity contribution in [3.05, 3.63) is 12.4 Å². The molecule has 2 heterocycles. The lowest BCUT2D eigenvalue weighted by molar-refractivity contribution is 0.786. The molecule has 2 rings (SSSR count). The molecule has 1 aromatic heterocycles. The molecule has 0 aromatic carbocycles. The van der Waals surface area contributed by atoms with Crippen molar-refractivity contribution < 1.29 is 0 Å². The van der Waals surface area contributed by atoms with Crippen LogP contribution >= 0.6 is 0 Å². The Morgan fingerprint density at radius 1 is 1.41 bits per heavy atom. The molecule has 1 fully saturated rings. The molecule has 5 heteroatoms. The van der Waals surface area contributed by atoms with Crippen molar-refractivity contribution in [2.75, 3.05) is 30.3 Å². The Balaban J connectivity index is 1.86. The van der Waals surface area contributed by atoms with E-state index in [0.717, 1.165) is 37.7 Å². The molecule has 0 amide bonds. The first-order valence-corrected chi connectivity index (χ1v) is 6.41. The molecule has 0 saturated carbocycles. The molecule has 0 aliphatic carbocycles. The summed E-state index contributed by atoms with van der Waals surface area (Å²) in [5, 5.41) is 10.0. The van der Waals surface area contributed by atoms with Gasteiger partial charge in [0.2, 0.25) is 0 Å². The predicted molar refractivity (Wildman–Crippen MR) is 70.3 cm³/mol. The van der Waals surface area contributed by atoms with Crippen LogP contribution in [0.25, 0.3) is 0 Å². The van der Waals surface area contributed by atoms with Crippen molar-refractivity contribution in [2.45, 2.75) is 32.2 Å². The number of nitrogens with one attached hydrogen (secondary N) is 3. The molecule has 1 aliphatic rings. The van der Waals surface area contributed by atoms with Crippen molar-refractivity contribution in [3.8, 4) is 0 Å². The quantitative estimate of drug-likeness (QED) is 0.652. The zero-order chi connectivity index (χ0) is 11.9. The Labute approximate surface area is 102 Å². The minimum absolute atomic E-state index is 0.494. The fourth-order valence-corrected chi connectivity index (χ4v) is 1.91. The lowest BCUT2D eigenvalue weighted by Crippen LogP contribution is -2.22. The molecule has 3 N–H and O–H groups in total. The Hall–Kier alpha value is -1.36. The van der Waals surface area contributed by atoms with Gasteiger partial charge in [0, 0.05) is 25.2 Å². The topological polar surface area (TPSA) is 61.9 Å². The molecule has 1 saturated heterocycles.